The molecule has 5 heteroatoms. The van der Waals surface area contributed by atoms with Crippen LogP contribution in [0.15, 0.2) is 18.2 Å². The van der Waals surface area contributed by atoms with Crippen molar-refractivity contribution in [1.29, 1.82) is 0 Å². The van der Waals surface area contributed by atoms with Crippen molar-refractivity contribution in [3.8, 4) is 0 Å². The quantitative estimate of drug-likeness (QED) is 0.929. The average molecular weight is 303 g/mol. The fraction of sp³-hybridized carbons (Fsp3) is 0.571. The third kappa shape index (κ3) is 4.07. The van der Waals surface area contributed by atoms with E-state index in [2.05, 4.69) is 11.8 Å². The van der Waals surface area contributed by atoms with Gasteiger partial charge in [-0.3, -0.25) is 4.90 Å². The van der Waals surface area contributed by atoms with E-state index < -0.39 is 0 Å². The highest BCUT2D eigenvalue weighted by Gasteiger charge is 2.18. The van der Waals surface area contributed by atoms with Crippen molar-refractivity contribution in [3.05, 3.63) is 33.8 Å². The largest absolute Gasteiger partial charge is 0.376 e. The predicted octanol–water partition coefficient (Wildman–Crippen LogP) is 3.10. The highest BCUT2D eigenvalue weighted by Crippen LogP contribution is 2.30. The van der Waals surface area contributed by atoms with Crippen LogP contribution < -0.4 is 5.73 Å². The molecule has 19 heavy (non-hydrogen) atoms. The number of benzene rings is 1. The molecule has 1 saturated heterocycles. The Morgan fingerprint density at radius 3 is 3.00 bits per heavy atom. The van der Waals surface area contributed by atoms with Crippen molar-refractivity contribution in [2.45, 2.75) is 25.5 Å². The van der Waals surface area contributed by atoms with Crippen LogP contribution in [0.25, 0.3) is 0 Å². The number of rotatable bonds is 4. The van der Waals surface area contributed by atoms with Gasteiger partial charge in [-0.15, -0.1) is 0 Å². The van der Waals surface area contributed by atoms with Gasteiger partial charge in [0, 0.05) is 25.7 Å². The summed E-state index contributed by atoms with van der Waals surface area (Å²) in [5, 5.41) is 1.14. The van der Waals surface area contributed by atoms with Crippen molar-refractivity contribution >= 4 is 23.2 Å². The lowest BCUT2D eigenvalue weighted by Crippen LogP contribution is -2.42. The van der Waals surface area contributed by atoms with Gasteiger partial charge in [-0.2, -0.15) is 0 Å². The van der Waals surface area contributed by atoms with E-state index in [-0.39, 0.29) is 6.04 Å². The molecule has 3 nitrogen and oxygen atoms in total. The fourth-order valence-corrected chi connectivity index (χ4v) is 2.83. The maximum atomic E-state index is 6.22. The van der Waals surface area contributed by atoms with Crippen molar-refractivity contribution in [2.75, 3.05) is 26.2 Å². The van der Waals surface area contributed by atoms with E-state index in [0.29, 0.717) is 16.1 Å². The van der Waals surface area contributed by atoms with Crippen LogP contribution in [0.2, 0.25) is 10.0 Å². The summed E-state index contributed by atoms with van der Waals surface area (Å²) < 4.78 is 5.52. The molecule has 2 unspecified atom stereocenters. The first kappa shape index (κ1) is 15.1. The lowest BCUT2D eigenvalue weighted by molar-refractivity contribution is -0.0189. The Kier molecular flexibility index (Phi) is 5.48. The SMILES string of the molecule is CC1CN(CCC(N)c2cccc(Cl)c2Cl)CCO1. The molecule has 1 aliphatic heterocycles. The molecule has 106 valence electrons. The number of ether oxygens (including phenoxy) is 1. The molecule has 0 spiro atoms. The van der Waals surface area contributed by atoms with Gasteiger partial charge in [0.25, 0.3) is 0 Å². The number of nitrogens with zero attached hydrogens (tertiary/aromatic N) is 1. The summed E-state index contributed by atoms with van der Waals surface area (Å²) in [6, 6.07) is 5.54. The third-order valence-corrected chi connectivity index (χ3v) is 4.30. The number of halogens is 2. The number of hydrogen-bond acceptors (Lipinski definition) is 3. The van der Waals surface area contributed by atoms with Crippen molar-refractivity contribution in [3.63, 3.8) is 0 Å². The molecule has 1 aromatic carbocycles. The topological polar surface area (TPSA) is 38.5 Å². The Hall–Kier alpha value is -0.320. The Bertz CT molecular complexity index is 428. The summed E-state index contributed by atoms with van der Waals surface area (Å²) in [5.41, 5.74) is 7.14. The summed E-state index contributed by atoms with van der Waals surface area (Å²) in [6.45, 7) is 5.79. The standard InChI is InChI=1S/C14H20Cl2N2O/c1-10-9-18(7-8-19-10)6-5-13(17)11-3-2-4-12(15)14(11)16/h2-4,10,13H,5-9,17H2,1H3. The van der Waals surface area contributed by atoms with Crippen LogP contribution in [0.5, 0.6) is 0 Å². The van der Waals surface area contributed by atoms with Crippen LogP contribution in [-0.4, -0.2) is 37.2 Å². The van der Waals surface area contributed by atoms with E-state index in [1.165, 1.54) is 0 Å². The Morgan fingerprint density at radius 2 is 2.26 bits per heavy atom. The molecule has 0 saturated carbocycles. The second-order valence-electron chi connectivity index (χ2n) is 5.02. The number of morpholine rings is 1. The highest BCUT2D eigenvalue weighted by molar-refractivity contribution is 6.42. The van der Waals surface area contributed by atoms with Crippen LogP contribution >= 0.6 is 23.2 Å². The minimum Gasteiger partial charge on any atom is -0.376 e. The summed E-state index contributed by atoms with van der Waals surface area (Å²) >= 11 is 12.2. The monoisotopic (exact) mass is 302 g/mol. The molecule has 0 radical (unpaired) electrons. The van der Waals surface area contributed by atoms with E-state index in [9.17, 15) is 0 Å². The summed E-state index contributed by atoms with van der Waals surface area (Å²) in [7, 11) is 0. The first-order valence-corrected chi connectivity index (χ1v) is 7.37. The van der Waals surface area contributed by atoms with Gasteiger partial charge in [0.15, 0.2) is 0 Å². The van der Waals surface area contributed by atoms with Crippen LogP contribution in [-0.2, 0) is 4.74 Å². The molecular formula is C14H20Cl2N2O. The van der Waals surface area contributed by atoms with E-state index in [4.69, 9.17) is 33.7 Å². The van der Waals surface area contributed by atoms with Crippen molar-refractivity contribution in [2.24, 2.45) is 5.73 Å². The minimum atomic E-state index is -0.0793. The van der Waals surface area contributed by atoms with Crippen LogP contribution in [0.4, 0.5) is 0 Å². The fourth-order valence-electron chi connectivity index (χ4n) is 2.38. The Labute approximate surface area is 124 Å². The number of nitrogens with two attached hydrogens (primary N) is 1. The van der Waals surface area contributed by atoms with Gasteiger partial charge >= 0.3 is 0 Å². The molecule has 1 fully saturated rings. The molecule has 2 atom stereocenters. The molecular weight excluding hydrogens is 283 g/mol. The summed E-state index contributed by atoms with van der Waals surface area (Å²) in [4.78, 5) is 2.38. The normalized spacial score (nSPS) is 22.4. The summed E-state index contributed by atoms with van der Waals surface area (Å²) in [5.74, 6) is 0. The third-order valence-electron chi connectivity index (χ3n) is 3.46. The zero-order valence-electron chi connectivity index (χ0n) is 11.1. The van der Waals surface area contributed by atoms with E-state index in [1.54, 1.807) is 6.07 Å². The maximum Gasteiger partial charge on any atom is 0.0674 e. The molecule has 2 N–H and O–H groups in total. The molecule has 0 aromatic heterocycles. The first-order chi connectivity index (χ1) is 9.08. The van der Waals surface area contributed by atoms with Crippen molar-refractivity contribution in [1.82, 2.24) is 4.90 Å². The Morgan fingerprint density at radius 1 is 1.47 bits per heavy atom. The van der Waals surface area contributed by atoms with Gasteiger partial charge in [0.2, 0.25) is 0 Å². The zero-order chi connectivity index (χ0) is 13.8. The zero-order valence-corrected chi connectivity index (χ0v) is 12.6. The molecule has 1 aliphatic rings. The molecule has 0 bridgehead atoms. The minimum absolute atomic E-state index is 0.0793. The smallest absolute Gasteiger partial charge is 0.0674 e. The predicted molar refractivity (Wildman–Crippen MR) is 79.9 cm³/mol. The molecule has 0 aliphatic carbocycles. The van der Waals surface area contributed by atoms with E-state index >= 15 is 0 Å². The lowest BCUT2D eigenvalue weighted by Gasteiger charge is -2.31. The molecule has 2 rings (SSSR count). The average Bonchev–Trinajstić information content (AvgIpc) is 2.39. The van der Waals surface area contributed by atoms with Gasteiger partial charge in [-0.25, -0.2) is 0 Å². The second-order valence-corrected chi connectivity index (χ2v) is 5.81. The maximum absolute atomic E-state index is 6.22. The van der Waals surface area contributed by atoms with Gasteiger partial charge in [0.05, 0.1) is 22.8 Å². The van der Waals surface area contributed by atoms with Crippen LogP contribution in [0, 0.1) is 0 Å². The second kappa shape index (κ2) is 6.91. The first-order valence-electron chi connectivity index (χ1n) is 6.61. The van der Waals surface area contributed by atoms with E-state index in [1.807, 2.05) is 12.1 Å². The van der Waals surface area contributed by atoms with Gasteiger partial charge in [-0.1, -0.05) is 35.3 Å². The van der Waals surface area contributed by atoms with E-state index in [0.717, 1.165) is 38.2 Å². The lowest BCUT2D eigenvalue weighted by atomic mass is 10.0. The molecule has 1 heterocycles. The summed E-state index contributed by atoms with van der Waals surface area (Å²) in [6.07, 6.45) is 1.17. The molecule has 1 aromatic rings. The van der Waals surface area contributed by atoms with Crippen LogP contribution in [0.3, 0.4) is 0 Å². The van der Waals surface area contributed by atoms with Gasteiger partial charge < -0.3 is 10.5 Å². The van der Waals surface area contributed by atoms with Crippen molar-refractivity contribution < 1.29 is 4.74 Å². The van der Waals surface area contributed by atoms with Crippen LogP contribution in [0.1, 0.15) is 24.9 Å². The molecule has 0 amide bonds. The highest BCUT2D eigenvalue weighted by atomic mass is 35.5. The number of hydrogen-bond donors (Lipinski definition) is 1. The van der Waals surface area contributed by atoms with Gasteiger partial charge in [-0.05, 0) is 25.0 Å². The Balaban J connectivity index is 1.90. The van der Waals surface area contributed by atoms with Gasteiger partial charge in [0.1, 0.15) is 0 Å².